The van der Waals surface area contributed by atoms with Gasteiger partial charge >= 0.3 is 6.09 Å². The number of nitrogens with zero attached hydrogens (tertiary/aromatic N) is 1. The molecule has 9 heteroatoms. The molecule has 0 aromatic heterocycles. The van der Waals surface area contributed by atoms with Crippen molar-refractivity contribution in [2.75, 3.05) is 18.5 Å². The van der Waals surface area contributed by atoms with Crippen LogP contribution in [0.25, 0.3) is 0 Å². The van der Waals surface area contributed by atoms with Crippen molar-refractivity contribution in [3.8, 4) is 0 Å². The van der Waals surface area contributed by atoms with Crippen molar-refractivity contribution in [3.63, 3.8) is 0 Å². The van der Waals surface area contributed by atoms with Crippen LogP contribution < -0.4 is 5.32 Å². The fraction of sp³-hybridized carbons (Fsp3) is 0.222. The summed E-state index contributed by atoms with van der Waals surface area (Å²) in [6.07, 6.45) is -1.24. The van der Waals surface area contributed by atoms with Crippen LogP contribution >= 0.6 is 0 Å². The van der Waals surface area contributed by atoms with Gasteiger partial charge in [0.15, 0.2) is 17.3 Å². The molecule has 0 fully saturated rings. The first-order valence-electron chi connectivity index (χ1n) is 4.64. The van der Waals surface area contributed by atoms with Gasteiger partial charge in [-0.1, -0.05) is 0 Å². The molecular formula is C9H8F2N2O5. The molecular weight excluding hydrogens is 254 g/mol. The van der Waals surface area contributed by atoms with E-state index in [2.05, 4.69) is 4.74 Å². The number of amides is 1. The van der Waals surface area contributed by atoms with Crippen molar-refractivity contribution in [2.24, 2.45) is 0 Å². The highest BCUT2D eigenvalue weighted by Crippen LogP contribution is 2.29. The molecule has 1 aromatic carbocycles. The Hall–Kier alpha value is -2.29. The Morgan fingerprint density at radius 2 is 2.17 bits per heavy atom. The number of rotatable bonds is 4. The maximum absolute atomic E-state index is 13.3. The van der Waals surface area contributed by atoms with Gasteiger partial charge in [-0.3, -0.25) is 15.4 Å². The van der Waals surface area contributed by atoms with E-state index in [0.717, 1.165) is 0 Å². The second-order valence-electron chi connectivity index (χ2n) is 3.00. The topological polar surface area (TPSA) is 102 Å². The van der Waals surface area contributed by atoms with Gasteiger partial charge < -0.3 is 9.84 Å². The van der Waals surface area contributed by atoms with Gasteiger partial charge in [-0.2, -0.15) is 0 Å². The van der Waals surface area contributed by atoms with Gasteiger partial charge in [-0.15, -0.1) is 0 Å². The summed E-state index contributed by atoms with van der Waals surface area (Å²) in [5, 5.41) is 20.6. The van der Waals surface area contributed by atoms with Crippen LogP contribution in [0.5, 0.6) is 0 Å². The zero-order chi connectivity index (χ0) is 13.7. The molecule has 0 aliphatic heterocycles. The maximum atomic E-state index is 13.3. The van der Waals surface area contributed by atoms with Gasteiger partial charge in [0.05, 0.1) is 11.5 Å². The maximum Gasteiger partial charge on any atom is 0.411 e. The van der Waals surface area contributed by atoms with Gasteiger partial charge in [0, 0.05) is 6.07 Å². The largest absolute Gasteiger partial charge is 0.447 e. The van der Waals surface area contributed by atoms with Gasteiger partial charge in [0.1, 0.15) is 6.61 Å². The minimum absolute atomic E-state index is 0.378. The van der Waals surface area contributed by atoms with Crippen LogP contribution in [0.1, 0.15) is 0 Å². The molecule has 2 N–H and O–H groups in total. The fourth-order valence-electron chi connectivity index (χ4n) is 1.09. The summed E-state index contributed by atoms with van der Waals surface area (Å²) in [5.74, 6) is -2.91. The number of nitro groups is 1. The molecule has 0 saturated heterocycles. The normalized spacial score (nSPS) is 9.94. The van der Waals surface area contributed by atoms with E-state index in [1.165, 1.54) is 0 Å². The summed E-state index contributed by atoms with van der Waals surface area (Å²) in [6, 6.07) is 1.28. The number of benzene rings is 1. The van der Waals surface area contributed by atoms with Gasteiger partial charge in [0.25, 0.3) is 5.69 Å². The third kappa shape index (κ3) is 3.10. The van der Waals surface area contributed by atoms with Gasteiger partial charge in [-0.05, 0) is 6.07 Å². The van der Waals surface area contributed by atoms with E-state index in [-0.39, 0.29) is 6.61 Å². The highest BCUT2D eigenvalue weighted by Gasteiger charge is 2.23. The third-order valence-electron chi connectivity index (χ3n) is 1.82. The van der Waals surface area contributed by atoms with E-state index in [0.29, 0.717) is 12.1 Å². The summed E-state index contributed by atoms with van der Waals surface area (Å²) >= 11 is 0. The van der Waals surface area contributed by atoms with Crippen LogP contribution in [0.4, 0.5) is 25.0 Å². The molecule has 7 nitrogen and oxygen atoms in total. The number of carbonyl (C=O) groups excluding carboxylic acids is 1. The number of aliphatic hydroxyl groups is 1. The van der Waals surface area contributed by atoms with Crippen molar-refractivity contribution in [3.05, 3.63) is 33.9 Å². The van der Waals surface area contributed by atoms with Crippen molar-refractivity contribution < 1.29 is 28.3 Å². The molecule has 98 valence electrons. The smallest absolute Gasteiger partial charge is 0.411 e. The van der Waals surface area contributed by atoms with Crippen molar-refractivity contribution in [1.29, 1.82) is 0 Å². The van der Waals surface area contributed by atoms with Crippen LogP contribution in [-0.2, 0) is 4.74 Å². The Labute approximate surface area is 99.1 Å². The summed E-state index contributed by atoms with van der Waals surface area (Å²) in [4.78, 5) is 20.6. The van der Waals surface area contributed by atoms with Gasteiger partial charge in [0.2, 0.25) is 0 Å². The lowest BCUT2D eigenvalue weighted by atomic mass is 10.2. The number of ether oxygens (including phenoxy) is 1. The third-order valence-corrected chi connectivity index (χ3v) is 1.82. The number of carbonyl (C=O) groups is 1. The summed E-state index contributed by atoms with van der Waals surface area (Å²) in [7, 11) is 0. The van der Waals surface area contributed by atoms with E-state index in [9.17, 15) is 23.7 Å². The van der Waals surface area contributed by atoms with Crippen LogP contribution in [0.3, 0.4) is 0 Å². The summed E-state index contributed by atoms with van der Waals surface area (Å²) in [5.41, 5.74) is -1.74. The summed E-state index contributed by atoms with van der Waals surface area (Å²) < 4.78 is 30.5. The molecule has 0 heterocycles. The second-order valence-corrected chi connectivity index (χ2v) is 3.00. The zero-order valence-corrected chi connectivity index (χ0v) is 8.85. The predicted octanol–water partition coefficient (Wildman–Crippen LogP) is 1.41. The lowest BCUT2D eigenvalue weighted by Crippen LogP contribution is -2.18. The van der Waals surface area contributed by atoms with Crippen molar-refractivity contribution >= 4 is 17.5 Å². The average Bonchev–Trinajstić information content (AvgIpc) is 2.32. The molecule has 1 aromatic rings. The number of aliphatic hydroxyl groups excluding tert-OH is 1. The number of nitrogens with one attached hydrogen (secondary N) is 1. The first kappa shape index (κ1) is 13.8. The predicted molar refractivity (Wildman–Crippen MR) is 55.1 cm³/mol. The van der Waals surface area contributed by atoms with E-state index < -0.39 is 40.6 Å². The SMILES string of the molecule is O=C(Nc1c([N+](=O)[O-])ccc(F)c1F)OCCO. The lowest BCUT2D eigenvalue weighted by Gasteiger charge is -2.07. The quantitative estimate of drug-likeness (QED) is 0.631. The molecule has 0 saturated carbocycles. The molecule has 0 aliphatic rings. The van der Waals surface area contributed by atoms with Crippen LogP contribution in [0, 0.1) is 21.7 Å². The van der Waals surface area contributed by atoms with E-state index in [1.807, 2.05) is 0 Å². The Morgan fingerprint density at radius 3 is 2.72 bits per heavy atom. The number of hydrogen-bond donors (Lipinski definition) is 2. The Morgan fingerprint density at radius 1 is 1.50 bits per heavy atom. The number of halogens is 2. The molecule has 0 bridgehead atoms. The Balaban J connectivity index is 3.02. The Kier molecular flexibility index (Phi) is 4.49. The number of anilines is 1. The average molecular weight is 262 g/mol. The van der Waals surface area contributed by atoms with Crippen LogP contribution in [0.2, 0.25) is 0 Å². The minimum atomic E-state index is -1.56. The molecule has 0 aliphatic carbocycles. The molecule has 18 heavy (non-hydrogen) atoms. The van der Waals surface area contributed by atoms with Crippen LogP contribution in [0.15, 0.2) is 12.1 Å². The van der Waals surface area contributed by atoms with Crippen molar-refractivity contribution in [2.45, 2.75) is 0 Å². The zero-order valence-electron chi connectivity index (χ0n) is 8.85. The first-order chi connectivity index (χ1) is 8.47. The molecule has 1 rings (SSSR count). The monoisotopic (exact) mass is 262 g/mol. The molecule has 0 unspecified atom stereocenters. The molecule has 0 spiro atoms. The van der Waals surface area contributed by atoms with Gasteiger partial charge in [-0.25, -0.2) is 13.6 Å². The van der Waals surface area contributed by atoms with E-state index in [1.54, 1.807) is 5.32 Å². The molecule has 0 atom stereocenters. The van der Waals surface area contributed by atoms with Crippen molar-refractivity contribution in [1.82, 2.24) is 0 Å². The minimum Gasteiger partial charge on any atom is -0.447 e. The highest BCUT2D eigenvalue weighted by atomic mass is 19.2. The fourth-order valence-corrected chi connectivity index (χ4v) is 1.09. The Bertz CT molecular complexity index is 480. The molecule has 1 amide bonds. The highest BCUT2D eigenvalue weighted by molar-refractivity contribution is 5.88. The lowest BCUT2D eigenvalue weighted by molar-refractivity contribution is -0.384. The number of nitro benzene ring substituents is 1. The van der Waals surface area contributed by atoms with E-state index >= 15 is 0 Å². The second kappa shape index (κ2) is 5.87. The first-order valence-corrected chi connectivity index (χ1v) is 4.64. The van der Waals surface area contributed by atoms with E-state index in [4.69, 9.17) is 5.11 Å². The number of hydrogen-bond acceptors (Lipinski definition) is 5. The standard InChI is InChI=1S/C9H8F2N2O5/c10-5-1-2-6(13(16)17)8(7(5)11)12-9(15)18-4-3-14/h1-2,14H,3-4H2,(H,12,15). The van der Waals surface area contributed by atoms with Crippen LogP contribution in [-0.4, -0.2) is 29.3 Å². The molecule has 0 radical (unpaired) electrons. The summed E-state index contributed by atoms with van der Waals surface area (Å²) in [6.45, 7) is -0.849.